The highest BCUT2D eigenvalue weighted by Crippen LogP contribution is 2.28. The largest absolute Gasteiger partial charge is 0.396 e. The summed E-state index contributed by atoms with van der Waals surface area (Å²) in [5.41, 5.74) is 2.35. The van der Waals surface area contributed by atoms with E-state index in [-0.39, 0.29) is 12.6 Å². The Morgan fingerprint density at radius 2 is 1.95 bits per heavy atom. The van der Waals surface area contributed by atoms with Gasteiger partial charge in [0.1, 0.15) is 0 Å². The predicted octanol–water partition coefficient (Wildman–Crippen LogP) is 1.14. The summed E-state index contributed by atoms with van der Waals surface area (Å²) in [5, 5.41) is 9.12. The van der Waals surface area contributed by atoms with Gasteiger partial charge >= 0.3 is 0 Å². The molecule has 1 unspecified atom stereocenters. The van der Waals surface area contributed by atoms with Crippen LogP contribution in [0.5, 0.6) is 0 Å². The quantitative estimate of drug-likeness (QED) is 0.907. The number of hydrogen-bond donors (Lipinski definition) is 1. The van der Waals surface area contributed by atoms with E-state index >= 15 is 0 Å². The van der Waals surface area contributed by atoms with Crippen molar-refractivity contribution in [2.75, 3.05) is 19.7 Å². The lowest BCUT2D eigenvalue weighted by Crippen LogP contribution is -2.47. The fourth-order valence-corrected chi connectivity index (χ4v) is 5.23. The predicted molar refractivity (Wildman–Crippen MR) is 80.9 cm³/mol. The summed E-state index contributed by atoms with van der Waals surface area (Å²) in [6.45, 7) is 1.62. The third kappa shape index (κ3) is 2.85. The number of hydrogen-bond acceptors (Lipinski definition) is 3. The van der Waals surface area contributed by atoms with E-state index in [2.05, 4.69) is 6.07 Å². The number of rotatable bonds is 4. The second-order valence-corrected chi connectivity index (χ2v) is 7.66. The van der Waals surface area contributed by atoms with Gasteiger partial charge in [-0.1, -0.05) is 24.3 Å². The fraction of sp³-hybridized carbons (Fsp3) is 0.600. The zero-order valence-corrected chi connectivity index (χ0v) is 12.9. The van der Waals surface area contributed by atoms with E-state index in [9.17, 15) is 8.42 Å². The van der Waals surface area contributed by atoms with Crippen molar-refractivity contribution in [3.8, 4) is 0 Å². The van der Waals surface area contributed by atoms with Crippen LogP contribution in [0, 0.1) is 0 Å². The van der Waals surface area contributed by atoms with Crippen LogP contribution in [0.25, 0.3) is 0 Å². The average Bonchev–Trinajstić information content (AvgIpc) is 2.96. The van der Waals surface area contributed by atoms with Crippen molar-refractivity contribution in [3.05, 3.63) is 35.4 Å². The molecule has 1 atom stereocenters. The van der Waals surface area contributed by atoms with Crippen LogP contribution in [-0.2, 0) is 23.2 Å². The monoisotopic (exact) mass is 310 g/mol. The first kappa shape index (κ1) is 15.0. The van der Waals surface area contributed by atoms with Gasteiger partial charge in [-0.3, -0.25) is 0 Å². The van der Waals surface area contributed by atoms with E-state index in [0.717, 1.165) is 24.8 Å². The molecule has 21 heavy (non-hydrogen) atoms. The molecule has 2 aliphatic rings. The number of benzene rings is 1. The Kier molecular flexibility index (Phi) is 4.31. The standard InChI is InChI=1S/C15H22N2O3S/c18-11-8-15-6-3-9-17(15)21(19,20)16-10-7-13-4-1-2-5-14(13)12-16/h1-2,4-5,15,18H,3,6-12H2. The number of aliphatic hydroxyl groups excluding tert-OH is 1. The molecule has 1 fully saturated rings. The Morgan fingerprint density at radius 1 is 1.19 bits per heavy atom. The van der Waals surface area contributed by atoms with Crippen LogP contribution in [0.15, 0.2) is 24.3 Å². The van der Waals surface area contributed by atoms with Crippen molar-refractivity contribution in [2.24, 2.45) is 0 Å². The normalized spacial score (nSPS) is 24.1. The Balaban J connectivity index is 1.80. The van der Waals surface area contributed by atoms with Gasteiger partial charge in [0.2, 0.25) is 0 Å². The Bertz CT molecular complexity index is 603. The van der Waals surface area contributed by atoms with Crippen molar-refractivity contribution in [3.63, 3.8) is 0 Å². The molecule has 0 saturated carbocycles. The summed E-state index contributed by atoms with van der Waals surface area (Å²) >= 11 is 0. The van der Waals surface area contributed by atoms with Crippen molar-refractivity contribution in [1.82, 2.24) is 8.61 Å². The lowest BCUT2D eigenvalue weighted by atomic mass is 10.0. The van der Waals surface area contributed by atoms with Crippen molar-refractivity contribution in [1.29, 1.82) is 0 Å². The smallest absolute Gasteiger partial charge is 0.282 e. The highest BCUT2D eigenvalue weighted by molar-refractivity contribution is 7.86. The van der Waals surface area contributed by atoms with Crippen LogP contribution >= 0.6 is 0 Å². The molecule has 2 aliphatic heterocycles. The first-order valence-electron chi connectivity index (χ1n) is 7.57. The molecule has 0 aliphatic carbocycles. The molecule has 0 amide bonds. The molecule has 116 valence electrons. The summed E-state index contributed by atoms with van der Waals surface area (Å²) in [7, 11) is -3.42. The summed E-state index contributed by atoms with van der Waals surface area (Å²) in [6, 6.07) is 7.99. The van der Waals surface area contributed by atoms with Crippen LogP contribution in [0.4, 0.5) is 0 Å². The minimum atomic E-state index is -3.42. The van der Waals surface area contributed by atoms with Gasteiger partial charge in [0.15, 0.2) is 0 Å². The minimum absolute atomic E-state index is 0.0412. The van der Waals surface area contributed by atoms with Gasteiger partial charge in [0, 0.05) is 32.3 Å². The Labute approximate surface area is 126 Å². The molecule has 0 aromatic heterocycles. The average molecular weight is 310 g/mol. The Morgan fingerprint density at radius 3 is 2.71 bits per heavy atom. The SMILES string of the molecule is O=S(=O)(N1CCc2ccccc2C1)N1CCCC1CCO. The summed E-state index contributed by atoms with van der Waals surface area (Å²) < 4.78 is 28.9. The van der Waals surface area contributed by atoms with E-state index in [1.54, 1.807) is 8.61 Å². The summed E-state index contributed by atoms with van der Waals surface area (Å²) in [5.74, 6) is 0. The molecule has 0 bridgehead atoms. The lowest BCUT2D eigenvalue weighted by Gasteiger charge is -2.33. The number of fused-ring (bicyclic) bond motifs is 1. The third-order valence-electron chi connectivity index (χ3n) is 4.50. The van der Waals surface area contributed by atoms with Gasteiger partial charge < -0.3 is 5.11 Å². The number of nitrogens with zero attached hydrogens (tertiary/aromatic N) is 2. The maximum Gasteiger partial charge on any atom is 0.282 e. The van der Waals surface area contributed by atoms with E-state index < -0.39 is 10.2 Å². The summed E-state index contributed by atoms with van der Waals surface area (Å²) in [6.07, 6.45) is 3.04. The van der Waals surface area contributed by atoms with E-state index in [0.29, 0.717) is 26.1 Å². The van der Waals surface area contributed by atoms with Crippen molar-refractivity contribution in [2.45, 2.75) is 38.3 Å². The van der Waals surface area contributed by atoms with Crippen LogP contribution in [0.3, 0.4) is 0 Å². The maximum absolute atomic E-state index is 12.9. The molecule has 0 radical (unpaired) electrons. The van der Waals surface area contributed by atoms with Crippen LogP contribution < -0.4 is 0 Å². The molecule has 6 heteroatoms. The molecule has 3 rings (SSSR count). The first-order valence-corrected chi connectivity index (χ1v) is 8.97. The highest BCUT2D eigenvalue weighted by atomic mass is 32.2. The van der Waals surface area contributed by atoms with E-state index in [1.807, 2.05) is 18.2 Å². The molecule has 1 aromatic rings. The zero-order valence-electron chi connectivity index (χ0n) is 12.1. The molecular weight excluding hydrogens is 288 g/mol. The number of aliphatic hydroxyl groups is 1. The van der Waals surface area contributed by atoms with Gasteiger partial charge in [-0.05, 0) is 36.8 Å². The molecule has 1 N–H and O–H groups in total. The van der Waals surface area contributed by atoms with Crippen LogP contribution in [0.2, 0.25) is 0 Å². The van der Waals surface area contributed by atoms with Crippen LogP contribution in [-0.4, -0.2) is 47.9 Å². The van der Waals surface area contributed by atoms with E-state index in [1.165, 1.54) is 5.56 Å². The molecule has 1 aromatic carbocycles. The first-order chi connectivity index (χ1) is 10.1. The molecule has 0 spiro atoms. The van der Waals surface area contributed by atoms with Crippen molar-refractivity contribution >= 4 is 10.2 Å². The van der Waals surface area contributed by atoms with Gasteiger partial charge in [-0.2, -0.15) is 17.0 Å². The van der Waals surface area contributed by atoms with Gasteiger partial charge in [-0.25, -0.2) is 0 Å². The fourth-order valence-electron chi connectivity index (χ4n) is 3.37. The van der Waals surface area contributed by atoms with Gasteiger partial charge in [0.05, 0.1) is 0 Å². The molecule has 1 saturated heterocycles. The highest BCUT2D eigenvalue weighted by Gasteiger charge is 2.38. The van der Waals surface area contributed by atoms with Crippen LogP contribution in [0.1, 0.15) is 30.4 Å². The van der Waals surface area contributed by atoms with Crippen molar-refractivity contribution < 1.29 is 13.5 Å². The molecule has 2 heterocycles. The third-order valence-corrected chi connectivity index (χ3v) is 6.54. The topological polar surface area (TPSA) is 60.9 Å². The molecule has 5 nitrogen and oxygen atoms in total. The molecular formula is C15H22N2O3S. The van der Waals surface area contributed by atoms with Gasteiger partial charge in [-0.15, -0.1) is 0 Å². The van der Waals surface area contributed by atoms with Gasteiger partial charge in [0.25, 0.3) is 10.2 Å². The zero-order chi connectivity index (χ0) is 14.9. The second-order valence-electron chi connectivity index (χ2n) is 5.78. The minimum Gasteiger partial charge on any atom is -0.396 e. The lowest BCUT2D eigenvalue weighted by molar-refractivity contribution is 0.237. The Hall–Kier alpha value is -0.950. The van der Waals surface area contributed by atoms with E-state index in [4.69, 9.17) is 5.11 Å². The summed E-state index contributed by atoms with van der Waals surface area (Å²) in [4.78, 5) is 0. The maximum atomic E-state index is 12.9. The second kappa shape index (κ2) is 6.04.